The second-order valence-electron chi connectivity index (χ2n) is 11.0. The first kappa shape index (κ1) is 26.1. The van der Waals surface area contributed by atoms with Gasteiger partial charge in [-0.1, -0.05) is 119 Å². The van der Waals surface area contributed by atoms with Crippen LogP contribution < -0.4 is 0 Å². The van der Waals surface area contributed by atoms with Gasteiger partial charge in [0.15, 0.2) is 0 Å². The topological polar surface area (TPSA) is 46.5 Å². The van der Waals surface area contributed by atoms with Crippen LogP contribution in [0.15, 0.2) is 94.4 Å². The highest BCUT2D eigenvalue weighted by atomic mass is 32.2. The average molecular weight is 501 g/mol. The van der Waals surface area contributed by atoms with E-state index in [2.05, 4.69) is 65.0 Å². The van der Waals surface area contributed by atoms with Crippen molar-refractivity contribution in [3.63, 3.8) is 0 Å². The SMILES string of the molecule is CC(C)c1ccc(C(C)(C)C)c(SC2=C(O)CC(CCc3ccccc3)(c3ccccc3)OC2=O)c1. The van der Waals surface area contributed by atoms with Gasteiger partial charge >= 0.3 is 5.97 Å². The fourth-order valence-electron chi connectivity index (χ4n) is 4.72. The number of benzene rings is 3. The molecule has 4 rings (SSSR count). The van der Waals surface area contributed by atoms with Gasteiger partial charge in [0.25, 0.3) is 0 Å². The Labute approximate surface area is 219 Å². The predicted molar refractivity (Wildman–Crippen MR) is 148 cm³/mol. The maximum atomic E-state index is 13.5. The highest BCUT2D eigenvalue weighted by Gasteiger charge is 2.43. The summed E-state index contributed by atoms with van der Waals surface area (Å²) in [6.45, 7) is 10.8. The van der Waals surface area contributed by atoms with Crippen LogP contribution in [0.2, 0.25) is 0 Å². The molecule has 3 aromatic carbocycles. The molecule has 1 aliphatic heterocycles. The quantitative estimate of drug-likeness (QED) is 0.331. The largest absolute Gasteiger partial charge is 0.511 e. The van der Waals surface area contributed by atoms with Crippen molar-refractivity contribution in [1.82, 2.24) is 0 Å². The Kier molecular flexibility index (Phi) is 7.65. The van der Waals surface area contributed by atoms with E-state index >= 15 is 0 Å². The van der Waals surface area contributed by atoms with Crippen molar-refractivity contribution in [3.05, 3.63) is 112 Å². The number of aryl methyl sites for hydroxylation is 1. The normalized spacial score (nSPS) is 18.4. The zero-order chi connectivity index (χ0) is 25.9. The van der Waals surface area contributed by atoms with Crippen LogP contribution in [0.4, 0.5) is 0 Å². The summed E-state index contributed by atoms with van der Waals surface area (Å²) in [4.78, 5) is 14.8. The first-order chi connectivity index (χ1) is 17.1. The molecular formula is C32H36O3S. The van der Waals surface area contributed by atoms with E-state index < -0.39 is 11.6 Å². The minimum Gasteiger partial charge on any atom is -0.511 e. The van der Waals surface area contributed by atoms with E-state index in [-0.39, 0.29) is 22.5 Å². The number of hydrogen-bond acceptors (Lipinski definition) is 4. The van der Waals surface area contributed by atoms with Gasteiger partial charge in [-0.05, 0) is 52.5 Å². The summed E-state index contributed by atoms with van der Waals surface area (Å²) in [5.74, 6) is 0.00131. The maximum absolute atomic E-state index is 13.5. The summed E-state index contributed by atoms with van der Waals surface area (Å²) in [5.41, 5.74) is 3.42. The monoisotopic (exact) mass is 500 g/mol. The van der Waals surface area contributed by atoms with Crippen LogP contribution in [0.1, 0.15) is 75.6 Å². The van der Waals surface area contributed by atoms with Crippen LogP contribution in [0, 0.1) is 0 Å². The Bertz CT molecular complexity index is 1240. The van der Waals surface area contributed by atoms with E-state index in [4.69, 9.17) is 4.74 Å². The molecule has 1 N–H and O–H groups in total. The minimum atomic E-state index is -0.908. The second kappa shape index (κ2) is 10.6. The molecule has 0 spiro atoms. The third-order valence-corrected chi connectivity index (χ3v) is 8.01. The van der Waals surface area contributed by atoms with E-state index in [9.17, 15) is 9.90 Å². The first-order valence-corrected chi connectivity index (χ1v) is 13.5. The Morgan fingerprint density at radius 2 is 1.61 bits per heavy atom. The third-order valence-electron chi connectivity index (χ3n) is 6.84. The van der Waals surface area contributed by atoms with E-state index in [1.807, 2.05) is 48.5 Å². The fourth-order valence-corrected chi connectivity index (χ4v) is 5.93. The lowest BCUT2D eigenvalue weighted by atomic mass is 9.82. The van der Waals surface area contributed by atoms with Crippen LogP contribution in [0.25, 0.3) is 0 Å². The Morgan fingerprint density at radius 3 is 2.19 bits per heavy atom. The number of hydrogen-bond donors (Lipinski definition) is 1. The van der Waals surface area contributed by atoms with Crippen LogP contribution >= 0.6 is 11.8 Å². The van der Waals surface area contributed by atoms with Gasteiger partial charge in [0.05, 0.1) is 6.42 Å². The van der Waals surface area contributed by atoms with E-state index in [0.29, 0.717) is 12.3 Å². The molecule has 4 heteroatoms. The number of aliphatic hydroxyl groups excluding tert-OH is 1. The van der Waals surface area contributed by atoms with Crippen LogP contribution in [0.5, 0.6) is 0 Å². The molecule has 188 valence electrons. The van der Waals surface area contributed by atoms with Crippen molar-refractivity contribution in [2.45, 2.75) is 75.7 Å². The van der Waals surface area contributed by atoms with E-state index in [1.165, 1.54) is 22.9 Å². The van der Waals surface area contributed by atoms with Crippen molar-refractivity contribution >= 4 is 17.7 Å². The standard InChI is InChI=1S/C32H36O3S/c1-22(2)24-16-17-26(31(3,4)5)28(20-24)36-29-27(33)21-32(35-30(29)34,25-14-10-7-11-15-25)19-18-23-12-8-6-9-13-23/h6-17,20,22,33H,18-19,21H2,1-5H3. The Morgan fingerprint density at radius 1 is 0.972 bits per heavy atom. The molecule has 3 aromatic rings. The number of ether oxygens (including phenoxy) is 1. The van der Waals surface area contributed by atoms with Gasteiger partial charge in [0, 0.05) is 4.90 Å². The summed E-state index contributed by atoms with van der Waals surface area (Å²) in [5, 5.41) is 11.3. The van der Waals surface area contributed by atoms with Crippen LogP contribution in [-0.2, 0) is 27.0 Å². The van der Waals surface area contributed by atoms with Gasteiger partial charge < -0.3 is 9.84 Å². The van der Waals surface area contributed by atoms with Crippen molar-refractivity contribution in [3.8, 4) is 0 Å². The molecule has 0 amide bonds. The van der Waals surface area contributed by atoms with Crippen molar-refractivity contribution in [2.24, 2.45) is 0 Å². The molecule has 1 aliphatic rings. The van der Waals surface area contributed by atoms with Gasteiger partial charge in [-0.2, -0.15) is 0 Å². The van der Waals surface area contributed by atoms with Crippen molar-refractivity contribution in [1.29, 1.82) is 0 Å². The summed E-state index contributed by atoms with van der Waals surface area (Å²) >= 11 is 1.33. The van der Waals surface area contributed by atoms with Crippen LogP contribution in [-0.4, -0.2) is 11.1 Å². The van der Waals surface area contributed by atoms with Gasteiger partial charge in [0.2, 0.25) is 0 Å². The molecule has 1 unspecified atom stereocenters. The summed E-state index contributed by atoms with van der Waals surface area (Å²) in [6.07, 6.45) is 1.58. The highest BCUT2D eigenvalue weighted by Crippen LogP contribution is 2.46. The van der Waals surface area contributed by atoms with Gasteiger partial charge in [-0.25, -0.2) is 4.79 Å². The smallest absolute Gasteiger partial charge is 0.349 e. The number of rotatable bonds is 7. The highest BCUT2D eigenvalue weighted by molar-refractivity contribution is 8.04. The molecular weight excluding hydrogens is 464 g/mol. The Hall–Kier alpha value is -2.98. The average Bonchev–Trinajstić information content (AvgIpc) is 2.85. The maximum Gasteiger partial charge on any atom is 0.349 e. The lowest BCUT2D eigenvalue weighted by molar-refractivity contribution is -0.160. The number of carbonyl (C=O) groups is 1. The van der Waals surface area contributed by atoms with Crippen LogP contribution in [0.3, 0.4) is 0 Å². The van der Waals surface area contributed by atoms with Gasteiger partial charge in [0.1, 0.15) is 16.3 Å². The van der Waals surface area contributed by atoms with Crippen molar-refractivity contribution < 1.29 is 14.6 Å². The summed E-state index contributed by atoms with van der Waals surface area (Å²) in [7, 11) is 0. The number of carbonyl (C=O) groups excluding carboxylic acids is 1. The molecule has 1 heterocycles. The molecule has 0 aromatic heterocycles. The molecule has 0 radical (unpaired) electrons. The first-order valence-electron chi connectivity index (χ1n) is 12.7. The van der Waals surface area contributed by atoms with Gasteiger partial charge in [-0.3, -0.25) is 0 Å². The lowest BCUT2D eigenvalue weighted by Gasteiger charge is -2.38. The second-order valence-corrected chi connectivity index (χ2v) is 12.0. The minimum absolute atomic E-state index is 0.1000. The van der Waals surface area contributed by atoms with E-state index in [1.54, 1.807) is 0 Å². The number of esters is 1. The molecule has 0 aliphatic carbocycles. The lowest BCUT2D eigenvalue weighted by Crippen LogP contribution is -2.38. The molecule has 1 atom stereocenters. The number of thioether (sulfide) groups is 1. The summed E-state index contributed by atoms with van der Waals surface area (Å²) in [6, 6.07) is 26.5. The fraction of sp³-hybridized carbons (Fsp3) is 0.344. The zero-order valence-corrected chi connectivity index (χ0v) is 22.7. The number of cyclic esters (lactones) is 1. The molecule has 36 heavy (non-hydrogen) atoms. The third kappa shape index (κ3) is 5.70. The van der Waals surface area contributed by atoms with Crippen molar-refractivity contribution in [2.75, 3.05) is 0 Å². The molecule has 0 fully saturated rings. The van der Waals surface area contributed by atoms with Gasteiger partial charge in [-0.15, -0.1) is 0 Å². The summed E-state index contributed by atoms with van der Waals surface area (Å²) < 4.78 is 6.26. The Balaban J connectivity index is 1.70. The molecule has 3 nitrogen and oxygen atoms in total. The molecule has 0 bridgehead atoms. The number of aliphatic hydroxyl groups is 1. The molecule has 0 saturated heterocycles. The zero-order valence-electron chi connectivity index (χ0n) is 21.9. The molecule has 0 saturated carbocycles. The van der Waals surface area contributed by atoms with E-state index in [0.717, 1.165) is 22.4 Å². The predicted octanol–water partition coefficient (Wildman–Crippen LogP) is 8.44.